The fraction of sp³-hybridized carbons (Fsp3) is 0.0952. The molecule has 1 unspecified atom stereocenters. The summed E-state index contributed by atoms with van der Waals surface area (Å²) in [6, 6.07) is 16.4. The first-order valence-corrected chi connectivity index (χ1v) is 10.2. The summed E-state index contributed by atoms with van der Waals surface area (Å²) in [7, 11) is 0. The van der Waals surface area contributed by atoms with Gasteiger partial charge < -0.3 is 8.83 Å². The van der Waals surface area contributed by atoms with Gasteiger partial charge in [0.15, 0.2) is 5.76 Å². The Balaban J connectivity index is 1.53. The Bertz CT molecular complexity index is 1280. The van der Waals surface area contributed by atoms with E-state index in [0.29, 0.717) is 16.4 Å². The molecule has 2 aromatic heterocycles. The van der Waals surface area contributed by atoms with Crippen LogP contribution in [0.1, 0.15) is 10.9 Å². The lowest BCUT2D eigenvalue weighted by Gasteiger charge is -2.20. The lowest BCUT2D eigenvalue weighted by molar-refractivity contribution is -0.116. The van der Waals surface area contributed by atoms with Gasteiger partial charge in [-0.05, 0) is 29.8 Å². The average Bonchev–Trinajstić information content (AvgIpc) is 3.34. The van der Waals surface area contributed by atoms with Gasteiger partial charge in [-0.15, -0.1) is 11.8 Å². The fourth-order valence-electron chi connectivity index (χ4n) is 3.24. The van der Waals surface area contributed by atoms with Gasteiger partial charge >= 0.3 is 11.6 Å². The number of nitrogens with zero attached hydrogens (tertiary/aromatic N) is 2. The van der Waals surface area contributed by atoms with E-state index in [2.05, 4.69) is 4.98 Å². The standard InChI is InChI=1S/C21H13ClN2O4S/c22-14-7-5-12(6-8-14)19-24(18(25)11-29-19)21-23-10-17(28-21)15-9-13-3-1-2-4-16(13)27-20(15)26/h1-10,19H,11H2. The molecule has 0 N–H and O–H groups in total. The molecule has 144 valence electrons. The third kappa shape index (κ3) is 3.22. The van der Waals surface area contributed by atoms with E-state index in [9.17, 15) is 9.59 Å². The zero-order valence-electron chi connectivity index (χ0n) is 14.9. The second kappa shape index (κ2) is 7.09. The molecule has 1 saturated heterocycles. The summed E-state index contributed by atoms with van der Waals surface area (Å²) in [5.41, 5.74) is 1.14. The van der Waals surface area contributed by atoms with Crippen LogP contribution in [0.2, 0.25) is 5.02 Å². The van der Waals surface area contributed by atoms with Crippen molar-refractivity contribution in [3.63, 3.8) is 0 Å². The van der Waals surface area contributed by atoms with Crippen molar-refractivity contribution in [2.45, 2.75) is 5.37 Å². The summed E-state index contributed by atoms with van der Waals surface area (Å²) >= 11 is 7.45. The van der Waals surface area contributed by atoms with E-state index in [4.69, 9.17) is 20.4 Å². The van der Waals surface area contributed by atoms with Crippen LogP contribution in [0.4, 0.5) is 6.01 Å². The molecule has 4 aromatic rings. The maximum absolute atomic E-state index is 12.5. The molecule has 8 heteroatoms. The van der Waals surface area contributed by atoms with Gasteiger partial charge in [-0.1, -0.05) is 41.9 Å². The fourth-order valence-corrected chi connectivity index (χ4v) is 4.51. The topological polar surface area (TPSA) is 76.6 Å². The molecular weight excluding hydrogens is 412 g/mol. The molecule has 0 spiro atoms. The van der Waals surface area contributed by atoms with Gasteiger partial charge in [-0.25, -0.2) is 14.7 Å². The number of para-hydroxylation sites is 1. The number of oxazole rings is 1. The molecule has 0 radical (unpaired) electrons. The molecule has 6 nitrogen and oxygen atoms in total. The summed E-state index contributed by atoms with van der Waals surface area (Å²) in [4.78, 5) is 30.7. The molecule has 0 aliphatic carbocycles. The van der Waals surface area contributed by atoms with Crippen molar-refractivity contribution in [3.05, 3.63) is 81.8 Å². The molecule has 5 rings (SSSR count). The molecule has 1 atom stereocenters. The number of aromatic nitrogens is 1. The normalized spacial score (nSPS) is 16.7. The smallest absolute Gasteiger partial charge is 0.347 e. The van der Waals surface area contributed by atoms with Crippen molar-refractivity contribution in [2.24, 2.45) is 0 Å². The maximum atomic E-state index is 12.5. The summed E-state index contributed by atoms with van der Waals surface area (Å²) in [5, 5.41) is 1.11. The van der Waals surface area contributed by atoms with Gasteiger partial charge in [0, 0.05) is 10.4 Å². The molecule has 2 aromatic carbocycles. The number of benzene rings is 2. The number of hydrogen-bond acceptors (Lipinski definition) is 6. The summed E-state index contributed by atoms with van der Waals surface area (Å²) < 4.78 is 11.2. The van der Waals surface area contributed by atoms with Crippen molar-refractivity contribution in [3.8, 4) is 11.3 Å². The predicted octanol–water partition coefficient (Wildman–Crippen LogP) is 4.88. The highest BCUT2D eigenvalue weighted by Gasteiger charge is 2.37. The number of anilines is 1. The van der Waals surface area contributed by atoms with Crippen molar-refractivity contribution in [2.75, 3.05) is 10.7 Å². The first kappa shape index (κ1) is 18.0. The number of halogens is 1. The number of carbonyl (C=O) groups excluding carboxylic acids is 1. The third-order valence-electron chi connectivity index (χ3n) is 4.63. The van der Waals surface area contributed by atoms with E-state index in [1.165, 1.54) is 22.9 Å². The third-order valence-corrected chi connectivity index (χ3v) is 6.09. The molecule has 0 bridgehead atoms. The SMILES string of the molecule is O=C1CSC(c2ccc(Cl)cc2)N1c1ncc(-c2cc3ccccc3oc2=O)o1. The molecule has 1 aliphatic rings. The maximum Gasteiger partial charge on any atom is 0.347 e. The van der Waals surface area contributed by atoms with Crippen LogP contribution in [-0.2, 0) is 4.79 Å². The Kier molecular flexibility index (Phi) is 4.41. The monoisotopic (exact) mass is 424 g/mol. The summed E-state index contributed by atoms with van der Waals surface area (Å²) in [5.74, 6) is 0.441. The lowest BCUT2D eigenvalue weighted by Crippen LogP contribution is -2.28. The highest BCUT2D eigenvalue weighted by atomic mass is 35.5. The predicted molar refractivity (Wildman–Crippen MR) is 112 cm³/mol. The number of thioether (sulfide) groups is 1. The first-order chi connectivity index (χ1) is 14.1. The molecule has 1 fully saturated rings. The molecule has 1 aliphatic heterocycles. The molecule has 1 amide bonds. The van der Waals surface area contributed by atoms with Crippen LogP contribution in [0, 0.1) is 0 Å². The zero-order chi connectivity index (χ0) is 20.0. The minimum absolute atomic E-state index is 0.117. The van der Waals surface area contributed by atoms with Crippen molar-refractivity contribution in [1.29, 1.82) is 0 Å². The Labute approximate surface area is 174 Å². The van der Waals surface area contributed by atoms with Crippen molar-refractivity contribution < 1.29 is 13.6 Å². The first-order valence-electron chi connectivity index (χ1n) is 8.78. The van der Waals surface area contributed by atoms with Crippen LogP contribution < -0.4 is 10.5 Å². The second-order valence-corrected chi connectivity index (χ2v) is 7.98. The van der Waals surface area contributed by atoms with Crippen LogP contribution in [0.5, 0.6) is 0 Å². The number of rotatable bonds is 3. The zero-order valence-corrected chi connectivity index (χ0v) is 16.4. The molecular formula is C21H13ClN2O4S. The second-order valence-electron chi connectivity index (χ2n) is 6.47. The minimum Gasteiger partial charge on any atom is -0.423 e. The Hall–Kier alpha value is -3.03. The molecule has 29 heavy (non-hydrogen) atoms. The van der Waals surface area contributed by atoms with Gasteiger partial charge in [-0.3, -0.25) is 4.79 Å². The van der Waals surface area contributed by atoms with Crippen LogP contribution in [0.25, 0.3) is 22.3 Å². The van der Waals surface area contributed by atoms with Crippen LogP contribution in [-0.4, -0.2) is 16.6 Å². The Morgan fingerprint density at radius 3 is 2.69 bits per heavy atom. The average molecular weight is 425 g/mol. The van der Waals surface area contributed by atoms with Gasteiger partial charge in [0.1, 0.15) is 16.5 Å². The highest BCUT2D eigenvalue weighted by Crippen LogP contribution is 2.42. The van der Waals surface area contributed by atoms with E-state index in [1.54, 1.807) is 30.3 Å². The van der Waals surface area contributed by atoms with Gasteiger partial charge in [-0.2, -0.15) is 0 Å². The van der Waals surface area contributed by atoms with Crippen LogP contribution >= 0.6 is 23.4 Å². The van der Waals surface area contributed by atoms with E-state index < -0.39 is 5.63 Å². The highest BCUT2D eigenvalue weighted by molar-refractivity contribution is 8.00. The van der Waals surface area contributed by atoms with Gasteiger partial charge in [0.25, 0.3) is 0 Å². The quantitative estimate of drug-likeness (QED) is 0.436. The van der Waals surface area contributed by atoms with Gasteiger partial charge in [0.05, 0.1) is 11.9 Å². The lowest BCUT2D eigenvalue weighted by atomic mass is 10.1. The Morgan fingerprint density at radius 1 is 1.07 bits per heavy atom. The van der Waals surface area contributed by atoms with E-state index >= 15 is 0 Å². The van der Waals surface area contributed by atoms with Crippen molar-refractivity contribution in [1.82, 2.24) is 4.98 Å². The van der Waals surface area contributed by atoms with Crippen LogP contribution in [0.15, 0.2) is 74.4 Å². The van der Waals surface area contributed by atoms with Gasteiger partial charge in [0.2, 0.25) is 5.91 Å². The molecule has 0 saturated carbocycles. The van der Waals surface area contributed by atoms with Crippen LogP contribution in [0.3, 0.4) is 0 Å². The summed E-state index contributed by atoms with van der Waals surface area (Å²) in [6.07, 6.45) is 1.44. The Morgan fingerprint density at radius 2 is 1.86 bits per heavy atom. The van der Waals surface area contributed by atoms with E-state index in [1.807, 2.05) is 24.3 Å². The number of amides is 1. The minimum atomic E-state index is -0.525. The largest absolute Gasteiger partial charge is 0.423 e. The molecule has 3 heterocycles. The number of carbonyl (C=O) groups is 1. The van der Waals surface area contributed by atoms with E-state index in [-0.39, 0.29) is 28.6 Å². The van der Waals surface area contributed by atoms with E-state index in [0.717, 1.165) is 10.9 Å². The number of fused-ring (bicyclic) bond motifs is 1. The summed E-state index contributed by atoms with van der Waals surface area (Å²) in [6.45, 7) is 0. The number of hydrogen-bond donors (Lipinski definition) is 0. The van der Waals surface area contributed by atoms with Crippen molar-refractivity contribution >= 4 is 46.3 Å².